The van der Waals surface area contributed by atoms with Gasteiger partial charge >= 0.3 is 0 Å². The van der Waals surface area contributed by atoms with Gasteiger partial charge in [-0.2, -0.15) is 0 Å². The molecular formula is C17H21N3. The minimum absolute atomic E-state index is 0.281. The van der Waals surface area contributed by atoms with E-state index in [9.17, 15) is 0 Å². The second-order valence-corrected chi connectivity index (χ2v) is 6.14. The summed E-state index contributed by atoms with van der Waals surface area (Å²) in [6.45, 7) is 5.47. The Morgan fingerprint density at radius 3 is 2.90 bits per heavy atom. The van der Waals surface area contributed by atoms with Crippen LogP contribution in [0.3, 0.4) is 0 Å². The lowest BCUT2D eigenvalue weighted by Gasteiger charge is -2.37. The molecule has 0 amide bonds. The molecule has 1 aliphatic rings. The first-order valence-electron chi connectivity index (χ1n) is 7.24. The van der Waals surface area contributed by atoms with E-state index in [0.717, 1.165) is 12.2 Å². The maximum Gasteiger partial charge on any atom is 0.115 e. The van der Waals surface area contributed by atoms with E-state index in [0.29, 0.717) is 6.04 Å². The zero-order chi connectivity index (χ0) is 14.0. The number of fused-ring (bicyclic) bond motifs is 1. The predicted octanol–water partition coefficient (Wildman–Crippen LogP) is 3.38. The minimum Gasteiger partial charge on any atom is -0.304 e. The average Bonchev–Trinajstić information content (AvgIpc) is 2.48. The van der Waals surface area contributed by atoms with Gasteiger partial charge in [-0.15, -0.1) is 0 Å². The van der Waals surface area contributed by atoms with Crippen LogP contribution in [0.15, 0.2) is 42.9 Å². The molecule has 0 aliphatic heterocycles. The van der Waals surface area contributed by atoms with Gasteiger partial charge in [0.25, 0.3) is 0 Å². The molecule has 1 unspecified atom stereocenters. The number of hydrogen-bond donors (Lipinski definition) is 1. The molecule has 0 bridgehead atoms. The zero-order valence-electron chi connectivity index (χ0n) is 12.1. The molecule has 3 nitrogen and oxygen atoms in total. The highest BCUT2D eigenvalue weighted by Gasteiger charge is 2.31. The molecular weight excluding hydrogens is 246 g/mol. The van der Waals surface area contributed by atoms with Crippen molar-refractivity contribution in [1.29, 1.82) is 0 Å². The van der Waals surface area contributed by atoms with Gasteiger partial charge in [0.05, 0.1) is 5.69 Å². The maximum atomic E-state index is 4.27. The molecule has 3 rings (SSSR count). The van der Waals surface area contributed by atoms with E-state index in [1.165, 1.54) is 24.0 Å². The first kappa shape index (κ1) is 13.3. The Labute approximate surface area is 120 Å². The van der Waals surface area contributed by atoms with Gasteiger partial charge in [-0.3, -0.25) is 0 Å². The van der Waals surface area contributed by atoms with Crippen LogP contribution in [0.4, 0.5) is 0 Å². The topological polar surface area (TPSA) is 37.8 Å². The molecule has 3 heteroatoms. The minimum atomic E-state index is 0.281. The molecule has 2 aromatic rings. The lowest BCUT2D eigenvalue weighted by atomic mass is 9.71. The number of hydrogen-bond acceptors (Lipinski definition) is 3. The third-order valence-corrected chi connectivity index (χ3v) is 4.30. The summed E-state index contributed by atoms with van der Waals surface area (Å²) >= 11 is 0. The van der Waals surface area contributed by atoms with Gasteiger partial charge in [0, 0.05) is 18.8 Å². The summed E-state index contributed by atoms with van der Waals surface area (Å²) in [7, 11) is 0. The third kappa shape index (κ3) is 2.59. The third-order valence-electron chi connectivity index (χ3n) is 4.30. The van der Waals surface area contributed by atoms with Crippen molar-refractivity contribution < 1.29 is 0 Å². The number of aromatic nitrogens is 2. The van der Waals surface area contributed by atoms with Crippen molar-refractivity contribution >= 4 is 0 Å². The zero-order valence-corrected chi connectivity index (χ0v) is 12.1. The molecule has 1 aliphatic carbocycles. The number of benzene rings is 1. The Morgan fingerprint density at radius 2 is 2.10 bits per heavy atom. The molecule has 1 atom stereocenters. The van der Waals surface area contributed by atoms with E-state index in [2.05, 4.69) is 53.4 Å². The van der Waals surface area contributed by atoms with Crippen LogP contribution < -0.4 is 5.32 Å². The second kappa shape index (κ2) is 5.33. The van der Waals surface area contributed by atoms with Crippen LogP contribution in [0.2, 0.25) is 0 Å². The fourth-order valence-electron chi connectivity index (χ4n) is 3.07. The SMILES string of the molecule is CC1(C)CCC(NCc2ccncn2)c2ccccc21. The van der Waals surface area contributed by atoms with E-state index < -0.39 is 0 Å². The van der Waals surface area contributed by atoms with Crippen molar-refractivity contribution in [3.05, 3.63) is 59.7 Å². The fraction of sp³-hybridized carbons (Fsp3) is 0.412. The standard InChI is InChI=1S/C17H21N3/c1-17(2)9-7-16(14-5-3-4-6-15(14)17)19-11-13-8-10-18-12-20-13/h3-6,8,10,12,16,19H,7,9,11H2,1-2H3. The smallest absolute Gasteiger partial charge is 0.115 e. The van der Waals surface area contributed by atoms with Crippen molar-refractivity contribution in [3.8, 4) is 0 Å². The van der Waals surface area contributed by atoms with Crippen LogP contribution in [0.25, 0.3) is 0 Å². The Balaban J connectivity index is 1.79. The van der Waals surface area contributed by atoms with E-state index >= 15 is 0 Å². The number of nitrogens with one attached hydrogen (secondary N) is 1. The van der Waals surface area contributed by atoms with E-state index in [1.807, 2.05) is 6.07 Å². The fourth-order valence-corrected chi connectivity index (χ4v) is 3.07. The monoisotopic (exact) mass is 267 g/mol. The van der Waals surface area contributed by atoms with Crippen molar-refractivity contribution in [3.63, 3.8) is 0 Å². The highest BCUT2D eigenvalue weighted by atomic mass is 14.9. The van der Waals surface area contributed by atoms with E-state index in [4.69, 9.17) is 0 Å². The summed E-state index contributed by atoms with van der Waals surface area (Å²) in [5.74, 6) is 0. The first-order chi connectivity index (χ1) is 9.67. The molecule has 0 radical (unpaired) electrons. The molecule has 1 heterocycles. The Bertz CT molecular complexity index is 578. The second-order valence-electron chi connectivity index (χ2n) is 6.14. The van der Waals surface area contributed by atoms with Crippen LogP contribution in [-0.4, -0.2) is 9.97 Å². The molecule has 20 heavy (non-hydrogen) atoms. The van der Waals surface area contributed by atoms with Gasteiger partial charge in [0.1, 0.15) is 6.33 Å². The van der Waals surface area contributed by atoms with Gasteiger partial charge in [-0.25, -0.2) is 9.97 Å². The Kier molecular flexibility index (Phi) is 3.53. The lowest BCUT2D eigenvalue weighted by molar-refractivity contribution is 0.356. The molecule has 1 aromatic heterocycles. The molecule has 1 N–H and O–H groups in total. The molecule has 0 saturated carbocycles. The molecule has 0 spiro atoms. The van der Waals surface area contributed by atoms with Crippen LogP contribution in [-0.2, 0) is 12.0 Å². The average molecular weight is 267 g/mol. The maximum absolute atomic E-state index is 4.27. The largest absolute Gasteiger partial charge is 0.304 e. The van der Waals surface area contributed by atoms with Crippen molar-refractivity contribution in [1.82, 2.24) is 15.3 Å². The van der Waals surface area contributed by atoms with Crippen LogP contribution in [0.5, 0.6) is 0 Å². The van der Waals surface area contributed by atoms with Gasteiger partial charge in [-0.05, 0) is 35.4 Å². The van der Waals surface area contributed by atoms with Gasteiger partial charge in [0.2, 0.25) is 0 Å². The van der Waals surface area contributed by atoms with Crippen LogP contribution in [0, 0.1) is 0 Å². The number of rotatable bonds is 3. The molecule has 0 saturated heterocycles. The van der Waals surface area contributed by atoms with Gasteiger partial charge in [-0.1, -0.05) is 38.1 Å². The Hall–Kier alpha value is -1.74. The summed E-state index contributed by atoms with van der Waals surface area (Å²) in [5, 5.41) is 3.64. The Morgan fingerprint density at radius 1 is 1.25 bits per heavy atom. The summed E-state index contributed by atoms with van der Waals surface area (Å²) in [5.41, 5.74) is 4.25. The summed E-state index contributed by atoms with van der Waals surface area (Å²) in [6.07, 6.45) is 5.79. The van der Waals surface area contributed by atoms with Crippen molar-refractivity contribution in [2.24, 2.45) is 0 Å². The molecule has 0 fully saturated rings. The van der Waals surface area contributed by atoms with Crippen LogP contribution in [0.1, 0.15) is 49.6 Å². The quantitative estimate of drug-likeness (QED) is 0.926. The van der Waals surface area contributed by atoms with Crippen LogP contribution >= 0.6 is 0 Å². The van der Waals surface area contributed by atoms with Gasteiger partial charge in [0.15, 0.2) is 0 Å². The normalized spacial score (nSPS) is 20.4. The van der Waals surface area contributed by atoms with Gasteiger partial charge < -0.3 is 5.32 Å². The van der Waals surface area contributed by atoms with E-state index in [-0.39, 0.29) is 5.41 Å². The lowest BCUT2D eigenvalue weighted by Crippen LogP contribution is -2.32. The van der Waals surface area contributed by atoms with Crippen molar-refractivity contribution in [2.75, 3.05) is 0 Å². The predicted molar refractivity (Wildman–Crippen MR) is 80.3 cm³/mol. The molecule has 1 aromatic carbocycles. The van der Waals surface area contributed by atoms with Crippen molar-refractivity contribution in [2.45, 2.75) is 44.7 Å². The highest BCUT2D eigenvalue weighted by molar-refractivity contribution is 5.38. The highest BCUT2D eigenvalue weighted by Crippen LogP contribution is 2.41. The molecule has 104 valence electrons. The summed E-state index contributed by atoms with van der Waals surface area (Å²) in [6, 6.07) is 11.2. The summed E-state index contributed by atoms with van der Waals surface area (Å²) in [4.78, 5) is 8.23. The first-order valence-corrected chi connectivity index (χ1v) is 7.24. The van der Waals surface area contributed by atoms with E-state index in [1.54, 1.807) is 12.5 Å². The number of nitrogens with zero attached hydrogens (tertiary/aromatic N) is 2. The summed E-state index contributed by atoms with van der Waals surface area (Å²) < 4.78 is 0.